The monoisotopic (exact) mass is 301 g/mol. The van der Waals surface area contributed by atoms with Gasteiger partial charge in [0, 0.05) is 18.4 Å². The fourth-order valence-electron chi connectivity index (χ4n) is 2.74. The Balaban J connectivity index is 1.70. The molecule has 0 saturated carbocycles. The Labute approximate surface area is 137 Å². The molecule has 2 aromatic rings. The van der Waals surface area contributed by atoms with Crippen LogP contribution in [-0.4, -0.2) is 11.3 Å². The lowest BCUT2D eigenvalue weighted by molar-refractivity contribution is -0.00282. The number of nitrogens with zero attached hydrogens (tertiary/aromatic N) is 1. The predicted molar refractivity (Wildman–Crippen MR) is 94.3 cm³/mol. The van der Waals surface area contributed by atoms with Crippen LogP contribution in [0.15, 0.2) is 72.4 Å². The highest BCUT2D eigenvalue weighted by molar-refractivity contribution is 6.01. The number of hydrogen-bond donors (Lipinski definition) is 0. The molecule has 0 fully saturated rings. The summed E-state index contributed by atoms with van der Waals surface area (Å²) in [5, 5.41) is 4.31. The van der Waals surface area contributed by atoms with Gasteiger partial charge >= 0.3 is 0 Å². The van der Waals surface area contributed by atoms with Crippen LogP contribution in [0.3, 0.4) is 0 Å². The van der Waals surface area contributed by atoms with Crippen LogP contribution in [0.2, 0.25) is 0 Å². The first-order valence-corrected chi connectivity index (χ1v) is 7.70. The molecule has 1 heterocycles. The average Bonchev–Trinajstić information content (AvgIpc) is 2.96. The third-order valence-electron chi connectivity index (χ3n) is 3.88. The summed E-state index contributed by atoms with van der Waals surface area (Å²) in [5.74, 6) is 5.87. The molecule has 2 nitrogen and oxygen atoms in total. The quantitative estimate of drug-likeness (QED) is 0.772. The number of rotatable bonds is 3. The molecule has 0 aliphatic carbocycles. The third kappa shape index (κ3) is 3.70. The Hall–Kier alpha value is -2.79. The summed E-state index contributed by atoms with van der Waals surface area (Å²) >= 11 is 0. The van der Waals surface area contributed by atoms with E-state index in [1.165, 1.54) is 5.56 Å². The lowest BCUT2D eigenvalue weighted by Gasteiger charge is -2.21. The Bertz CT molecular complexity index is 778. The van der Waals surface area contributed by atoms with E-state index in [0.717, 1.165) is 29.7 Å². The highest BCUT2D eigenvalue weighted by Crippen LogP contribution is 2.30. The van der Waals surface area contributed by atoms with Crippen LogP contribution >= 0.6 is 0 Å². The van der Waals surface area contributed by atoms with E-state index in [2.05, 4.69) is 54.8 Å². The minimum atomic E-state index is -0.280. The maximum atomic E-state index is 5.75. The molecule has 23 heavy (non-hydrogen) atoms. The third-order valence-corrected chi connectivity index (χ3v) is 3.88. The first kappa shape index (κ1) is 15.1. The maximum absolute atomic E-state index is 5.75. The van der Waals surface area contributed by atoms with Gasteiger partial charge in [0.05, 0.1) is 5.71 Å². The molecular weight excluding hydrogens is 282 g/mol. The van der Waals surface area contributed by atoms with Gasteiger partial charge in [-0.2, -0.15) is 0 Å². The van der Waals surface area contributed by atoms with E-state index >= 15 is 0 Å². The van der Waals surface area contributed by atoms with Crippen LogP contribution < -0.4 is 0 Å². The van der Waals surface area contributed by atoms with E-state index in [1.807, 2.05) is 30.3 Å². The van der Waals surface area contributed by atoms with Crippen molar-refractivity contribution >= 4 is 5.71 Å². The summed E-state index contributed by atoms with van der Waals surface area (Å²) in [5.41, 5.74) is 4.04. The van der Waals surface area contributed by atoms with Gasteiger partial charge in [-0.3, -0.25) is 0 Å². The Morgan fingerprint density at radius 2 is 1.91 bits per heavy atom. The topological polar surface area (TPSA) is 21.6 Å². The zero-order valence-corrected chi connectivity index (χ0v) is 13.3. The van der Waals surface area contributed by atoms with E-state index in [4.69, 9.17) is 4.84 Å². The fraction of sp³-hybridized carbons (Fsp3) is 0.190. The molecular formula is C21H19NO. The summed E-state index contributed by atoms with van der Waals surface area (Å²) in [7, 11) is 0. The van der Waals surface area contributed by atoms with Crippen molar-refractivity contribution in [3.05, 3.63) is 83.9 Å². The average molecular weight is 301 g/mol. The first-order valence-electron chi connectivity index (χ1n) is 7.70. The summed E-state index contributed by atoms with van der Waals surface area (Å²) < 4.78 is 0. The molecule has 0 saturated heterocycles. The van der Waals surface area contributed by atoms with Crippen molar-refractivity contribution in [1.29, 1.82) is 0 Å². The van der Waals surface area contributed by atoms with Gasteiger partial charge in [-0.1, -0.05) is 66.0 Å². The molecule has 0 radical (unpaired) electrons. The van der Waals surface area contributed by atoms with Crippen LogP contribution in [-0.2, 0) is 11.3 Å². The van der Waals surface area contributed by atoms with Gasteiger partial charge in [0.1, 0.15) is 5.60 Å². The van der Waals surface area contributed by atoms with Crippen molar-refractivity contribution in [2.45, 2.75) is 25.4 Å². The number of hydrogen-bond acceptors (Lipinski definition) is 2. The first-order chi connectivity index (χ1) is 11.2. The summed E-state index contributed by atoms with van der Waals surface area (Å²) in [6, 6.07) is 18.5. The molecule has 0 amide bonds. The predicted octanol–water partition coefficient (Wildman–Crippen LogP) is 4.35. The molecule has 114 valence electrons. The standard InChI is InChI=1S/C21H19NO/c1-3-4-8-17-11-13-19(14-12-17)20-16-21(2,23-22-20)15-18-9-6-5-7-10-18/h3,5-7,9-14H,1,15-16H2,2H3. The lowest BCUT2D eigenvalue weighted by Crippen LogP contribution is -2.27. The fourth-order valence-corrected chi connectivity index (χ4v) is 2.74. The van der Waals surface area contributed by atoms with Crippen molar-refractivity contribution in [1.82, 2.24) is 0 Å². The minimum Gasteiger partial charge on any atom is -0.388 e. The second-order valence-corrected chi connectivity index (χ2v) is 5.97. The number of oxime groups is 1. The molecule has 0 spiro atoms. The van der Waals surface area contributed by atoms with Gasteiger partial charge in [-0.15, -0.1) is 0 Å². The van der Waals surface area contributed by atoms with Crippen LogP contribution in [0, 0.1) is 11.8 Å². The molecule has 0 bridgehead atoms. The molecule has 0 aromatic heterocycles. The summed E-state index contributed by atoms with van der Waals surface area (Å²) in [6.45, 7) is 5.71. The SMILES string of the molecule is C=CC#Cc1ccc(C2=NOC(C)(Cc3ccccc3)C2)cc1. The summed E-state index contributed by atoms with van der Waals surface area (Å²) in [4.78, 5) is 5.75. The second-order valence-electron chi connectivity index (χ2n) is 5.97. The van der Waals surface area contributed by atoms with Crippen molar-refractivity contribution in [3.63, 3.8) is 0 Å². The van der Waals surface area contributed by atoms with Crippen LogP contribution in [0.1, 0.15) is 30.0 Å². The maximum Gasteiger partial charge on any atom is 0.144 e. The molecule has 1 atom stereocenters. The van der Waals surface area contributed by atoms with E-state index < -0.39 is 0 Å². The molecule has 2 aromatic carbocycles. The van der Waals surface area contributed by atoms with Gasteiger partial charge in [0.25, 0.3) is 0 Å². The van der Waals surface area contributed by atoms with Gasteiger partial charge in [0.15, 0.2) is 0 Å². The van der Waals surface area contributed by atoms with Gasteiger partial charge in [-0.05, 0) is 36.3 Å². The molecule has 1 unspecified atom stereocenters. The van der Waals surface area contributed by atoms with Gasteiger partial charge < -0.3 is 4.84 Å². The highest BCUT2D eigenvalue weighted by atomic mass is 16.7. The molecule has 0 N–H and O–H groups in total. The highest BCUT2D eigenvalue weighted by Gasteiger charge is 2.34. The normalized spacial score (nSPS) is 19.3. The lowest BCUT2D eigenvalue weighted by atomic mass is 9.90. The minimum absolute atomic E-state index is 0.280. The van der Waals surface area contributed by atoms with E-state index in [0.29, 0.717) is 0 Å². The Morgan fingerprint density at radius 1 is 1.17 bits per heavy atom. The van der Waals surface area contributed by atoms with E-state index in [-0.39, 0.29) is 5.60 Å². The zero-order chi connectivity index (χ0) is 16.1. The van der Waals surface area contributed by atoms with Crippen LogP contribution in [0.5, 0.6) is 0 Å². The Kier molecular flexibility index (Phi) is 4.30. The van der Waals surface area contributed by atoms with Crippen molar-refractivity contribution < 1.29 is 4.84 Å². The molecule has 1 aliphatic rings. The molecule has 1 aliphatic heterocycles. The van der Waals surface area contributed by atoms with Crippen LogP contribution in [0.4, 0.5) is 0 Å². The second kappa shape index (κ2) is 6.54. The summed E-state index contributed by atoms with van der Waals surface area (Å²) in [6.07, 6.45) is 3.25. The van der Waals surface area contributed by atoms with E-state index in [1.54, 1.807) is 6.08 Å². The molecule has 2 heteroatoms. The van der Waals surface area contributed by atoms with Gasteiger partial charge in [0.2, 0.25) is 0 Å². The van der Waals surface area contributed by atoms with Crippen molar-refractivity contribution in [3.8, 4) is 11.8 Å². The molecule has 3 rings (SSSR count). The smallest absolute Gasteiger partial charge is 0.144 e. The Morgan fingerprint density at radius 3 is 2.61 bits per heavy atom. The van der Waals surface area contributed by atoms with E-state index in [9.17, 15) is 0 Å². The van der Waals surface area contributed by atoms with Crippen molar-refractivity contribution in [2.24, 2.45) is 5.16 Å². The largest absolute Gasteiger partial charge is 0.388 e. The van der Waals surface area contributed by atoms with Crippen molar-refractivity contribution in [2.75, 3.05) is 0 Å². The zero-order valence-electron chi connectivity index (χ0n) is 13.3. The number of allylic oxidation sites excluding steroid dienone is 1. The number of benzene rings is 2. The van der Waals surface area contributed by atoms with Gasteiger partial charge in [-0.25, -0.2) is 0 Å². The van der Waals surface area contributed by atoms with Crippen LogP contribution in [0.25, 0.3) is 0 Å².